The standard InChI is InChI=1S/C16H17N3OS/c1-4-13-9-14-15(17-10(2)18-16(14)21-13)19-11-6-5-7-12(8-11)20-3/h5-9H,4H2,1-3H3,(H,17,18,19). The molecule has 3 rings (SSSR count). The zero-order chi connectivity index (χ0) is 14.8. The lowest BCUT2D eigenvalue weighted by Crippen LogP contribution is -1.97. The van der Waals surface area contributed by atoms with Crippen LogP contribution in [-0.2, 0) is 6.42 Å². The molecule has 0 fully saturated rings. The van der Waals surface area contributed by atoms with Crippen LogP contribution >= 0.6 is 11.3 Å². The summed E-state index contributed by atoms with van der Waals surface area (Å²) in [4.78, 5) is 11.4. The smallest absolute Gasteiger partial charge is 0.142 e. The van der Waals surface area contributed by atoms with Gasteiger partial charge in [-0.3, -0.25) is 0 Å². The lowest BCUT2D eigenvalue weighted by Gasteiger charge is -2.08. The van der Waals surface area contributed by atoms with Crippen molar-refractivity contribution in [3.05, 3.63) is 41.0 Å². The second-order valence-corrected chi connectivity index (χ2v) is 5.88. The van der Waals surface area contributed by atoms with Crippen LogP contribution in [0.1, 0.15) is 17.6 Å². The van der Waals surface area contributed by atoms with Crippen LogP contribution < -0.4 is 10.1 Å². The third-order valence-corrected chi connectivity index (χ3v) is 4.41. The lowest BCUT2D eigenvalue weighted by molar-refractivity contribution is 0.415. The summed E-state index contributed by atoms with van der Waals surface area (Å²) >= 11 is 1.73. The minimum atomic E-state index is 0.775. The summed E-state index contributed by atoms with van der Waals surface area (Å²) in [7, 11) is 1.67. The zero-order valence-corrected chi connectivity index (χ0v) is 13.1. The van der Waals surface area contributed by atoms with Gasteiger partial charge in [0.1, 0.15) is 22.2 Å². The number of benzene rings is 1. The molecule has 0 amide bonds. The van der Waals surface area contributed by atoms with E-state index in [9.17, 15) is 0 Å². The number of nitrogens with zero attached hydrogens (tertiary/aromatic N) is 2. The number of fused-ring (bicyclic) bond motifs is 1. The van der Waals surface area contributed by atoms with E-state index < -0.39 is 0 Å². The molecule has 108 valence electrons. The van der Waals surface area contributed by atoms with E-state index >= 15 is 0 Å². The molecule has 0 aliphatic rings. The van der Waals surface area contributed by atoms with Crippen molar-refractivity contribution in [2.24, 2.45) is 0 Å². The van der Waals surface area contributed by atoms with E-state index in [-0.39, 0.29) is 0 Å². The van der Waals surface area contributed by atoms with E-state index in [2.05, 4.69) is 28.3 Å². The van der Waals surface area contributed by atoms with Crippen LogP contribution in [0.4, 0.5) is 11.5 Å². The number of aryl methyl sites for hydroxylation is 2. The highest BCUT2D eigenvalue weighted by Crippen LogP contribution is 2.31. The molecule has 2 heterocycles. The number of hydrogen-bond acceptors (Lipinski definition) is 5. The van der Waals surface area contributed by atoms with Crippen LogP contribution in [-0.4, -0.2) is 17.1 Å². The van der Waals surface area contributed by atoms with E-state index in [1.165, 1.54) is 4.88 Å². The first-order chi connectivity index (χ1) is 10.2. The predicted octanol–water partition coefficient (Wildman–Crippen LogP) is 4.31. The third kappa shape index (κ3) is 2.83. The Balaban J connectivity index is 2.04. The Kier molecular flexibility index (Phi) is 3.75. The van der Waals surface area contributed by atoms with Gasteiger partial charge in [-0.15, -0.1) is 11.3 Å². The number of hydrogen-bond donors (Lipinski definition) is 1. The summed E-state index contributed by atoms with van der Waals surface area (Å²) in [6, 6.07) is 10.0. The fraction of sp³-hybridized carbons (Fsp3) is 0.250. The minimum absolute atomic E-state index is 0.775. The molecule has 0 unspecified atom stereocenters. The van der Waals surface area contributed by atoms with Gasteiger partial charge < -0.3 is 10.1 Å². The number of ether oxygens (including phenoxy) is 1. The molecule has 0 saturated carbocycles. The Labute approximate surface area is 127 Å². The first-order valence-electron chi connectivity index (χ1n) is 6.87. The summed E-state index contributed by atoms with van der Waals surface area (Å²) in [5.74, 6) is 2.45. The van der Waals surface area contributed by atoms with Gasteiger partial charge in [-0.1, -0.05) is 13.0 Å². The molecule has 0 bridgehead atoms. The first kappa shape index (κ1) is 13.8. The van der Waals surface area contributed by atoms with E-state index in [1.807, 2.05) is 31.2 Å². The van der Waals surface area contributed by atoms with Crippen LogP contribution in [0, 0.1) is 6.92 Å². The van der Waals surface area contributed by atoms with Crippen molar-refractivity contribution in [1.29, 1.82) is 0 Å². The van der Waals surface area contributed by atoms with Gasteiger partial charge in [-0.05, 0) is 31.5 Å². The van der Waals surface area contributed by atoms with Crippen molar-refractivity contribution in [1.82, 2.24) is 9.97 Å². The highest BCUT2D eigenvalue weighted by atomic mass is 32.1. The Morgan fingerprint density at radius 3 is 2.86 bits per heavy atom. The maximum Gasteiger partial charge on any atom is 0.142 e. The van der Waals surface area contributed by atoms with Crippen LogP contribution in [0.3, 0.4) is 0 Å². The summed E-state index contributed by atoms with van der Waals surface area (Å²) < 4.78 is 5.25. The Morgan fingerprint density at radius 2 is 2.10 bits per heavy atom. The largest absolute Gasteiger partial charge is 0.497 e. The van der Waals surface area contributed by atoms with Gasteiger partial charge in [-0.25, -0.2) is 9.97 Å². The van der Waals surface area contributed by atoms with Crippen LogP contribution in [0.15, 0.2) is 30.3 Å². The van der Waals surface area contributed by atoms with Gasteiger partial charge in [0, 0.05) is 16.6 Å². The van der Waals surface area contributed by atoms with E-state index in [1.54, 1.807) is 18.4 Å². The molecule has 4 nitrogen and oxygen atoms in total. The van der Waals surface area contributed by atoms with Crippen molar-refractivity contribution in [2.75, 3.05) is 12.4 Å². The minimum Gasteiger partial charge on any atom is -0.497 e. The topological polar surface area (TPSA) is 47.0 Å². The zero-order valence-electron chi connectivity index (χ0n) is 12.3. The molecule has 3 aromatic rings. The van der Waals surface area contributed by atoms with Gasteiger partial charge in [-0.2, -0.15) is 0 Å². The maximum atomic E-state index is 5.25. The summed E-state index contributed by atoms with van der Waals surface area (Å²) in [5.41, 5.74) is 0.956. The fourth-order valence-electron chi connectivity index (χ4n) is 2.19. The number of nitrogens with one attached hydrogen (secondary N) is 1. The Hall–Kier alpha value is -2.14. The second-order valence-electron chi connectivity index (χ2n) is 4.76. The predicted molar refractivity (Wildman–Crippen MR) is 87.8 cm³/mol. The molecule has 0 aliphatic heterocycles. The first-order valence-corrected chi connectivity index (χ1v) is 7.69. The number of aromatic nitrogens is 2. The third-order valence-electron chi connectivity index (χ3n) is 3.24. The van der Waals surface area contributed by atoms with Gasteiger partial charge in [0.2, 0.25) is 0 Å². The van der Waals surface area contributed by atoms with Crippen molar-refractivity contribution >= 4 is 33.1 Å². The highest BCUT2D eigenvalue weighted by Gasteiger charge is 2.10. The maximum absolute atomic E-state index is 5.25. The summed E-state index contributed by atoms with van der Waals surface area (Å²) in [5, 5.41) is 4.45. The highest BCUT2D eigenvalue weighted by molar-refractivity contribution is 7.18. The molecule has 0 atom stereocenters. The fourth-order valence-corrected chi connectivity index (χ4v) is 3.20. The van der Waals surface area contributed by atoms with E-state index in [4.69, 9.17) is 4.74 Å². The van der Waals surface area contributed by atoms with Gasteiger partial charge in [0.05, 0.1) is 12.5 Å². The molecule has 1 aromatic carbocycles. The Bertz CT molecular complexity index is 782. The van der Waals surface area contributed by atoms with Crippen molar-refractivity contribution < 1.29 is 4.74 Å². The summed E-state index contributed by atoms with van der Waals surface area (Å²) in [6.07, 6.45) is 1.01. The number of methoxy groups -OCH3 is 1. The van der Waals surface area contributed by atoms with Crippen LogP contribution in [0.5, 0.6) is 5.75 Å². The van der Waals surface area contributed by atoms with E-state index in [0.29, 0.717) is 0 Å². The summed E-state index contributed by atoms with van der Waals surface area (Å²) in [6.45, 7) is 4.07. The van der Waals surface area contributed by atoms with Crippen molar-refractivity contribution in [2.45, 2.75) is 20.3 Å². The molecule has 0 spiro atoms. The lowest BCUT2D eigenvalue weighted by atomic mass is 10.2. The van der Waals surface area contributed by atoms with Crippen molar-refractivity contribution in [3.63, 3.8) is 0 Å². The Morgan fingerprint density at radius 1 is 1.24 bits per heavy atom. The molecule has 21 heavy (non-hydrogen) atoms. The molecule has 1 N–H and O–H groups in total. The van der Waals surface area contributed by atoms with Crippen LogP contribution in [0.2, 0.25) is 0 Å². The SMILES string of the molecule is CCc1cc2c(Nc3cccc(OC)c3)nc(C)nc2s1. The van der Waals surface area contributed by atoms with Gasteiger partial charge in [0.15, 0.2) is 0 Å². The molecular formula is C16H17N3OS. The number of anilines is 2. The average molecular weight is 299 g/mol. The monoisotopic (exact) mass is 299 g/mol. The van der Waals surface area contributed by atoms with Gasteiger partial charge in [0.25, 0.3) is 0 Å². The van der Waals surface area contributed by atoms with Gasteiger partial charge >= 0.3 is 0 Å². The quantitative estimate of drug-likeness (QED) is 0.779. The molecule has 0 saturated heterocycles. The average Bonchev–Trinajstić information content (AvgIpc) is 2.90. The van der Waals surface area contributed by atoms with Crippen molar-refractivity contribution in [3.8, 4) is 5.75 Å². The molecular weight excluding hydrogens is 282 g/mol. The molecule has 5 heteroatoms. The molecule has 0 aliphatic carbocycles. The molecule has 2 aromatic heterocycles. The normalized spacial score (nSPS) is 10.8. The van der Waals surface area contributed by atoms with E-state index in [0.717, 1.165) is 39.7 Å². The second kappa shape index (κ2) is 5.69. The van der Waals surface area contributed by atoms with Crippen LogP contribution in [0.25, 0.3) is 10.2 Å². The molecule has 0 radical (unpaired) electrons. The number of thiophene rings is 1. The number of rotatable bonds is 4.